The summed E-state index contributed by atoms with van der Waals surface area (Å²) < 4.78 is 1.52. The largest absolute Gasteiger partial charge is 0.349 e. The van der Waals surface area contributed by atoms with Crippen LogP contribution in [0.1, 0.15) is 17.8 Å². The Bertz CT molecular complexity index is 785. The lowest BCUT2D eigenvalue weighted by atomic mass is 10.2. The van der Waals surface area contributed by atoms with Gasteiger partial charge in [-0.15, -0.1) is 11.3 Å². The van der Waals surface area contributed by atoms with Crippen LogP contribution in [0.3, 0.4) is 0 Å². The third-order valence-electron chi connectivity index (χ3n) is 3.29. The summed E-state index contributed by atoms with van der Waals surface area (Å²) in [5.41, 5.74) is 1.01. The van der Waals surface area contributed by atoms with Crippen molar-refractivity contribution in [1.29, 1.82) is 0 Å². The van der Waals surface area contributed by atoms with Crippen molar-refractivity contribution in [2.75, 3.05) is 0 Å². The van der Waals surface area contributed by atoms with Gasteiger partial charge in [0.15, 0.2) is 0 Å². The number of nitrogens with zero attached hydrogens (tertiary/aromatic N) is 4. The molecule has 0 spiro atoms. The molecule has 3 aromatic rings. The number of halogens is 1. The lowest BCUT2D eigenvalue weighted by Crippen LogP contribution is -2.30. The van der Waals surface area contributed by atoms with E-state index in [1.54, 1.807) is 13.1 Å². The van der Waals surface area contributed by atoms with Crippen LogP contribution in [-0.4, -0.2) is 25.7 Å². The molecule has 0 aliphatic rings. The predicted octanol–water partition coefficient (Wildman–Crippen LogP) is 2.93. The van der Waals surface area contributed by atoms with E-state index in [1.165, 1.54) is 28.7 Å². The van der Waals surface area contributed by atoms with Crippen molar-refractivity contribution < 1.29 is 4.79 Å². The third kappa shape index (κ3) is 3.75. The molecule has 1 amide bonds. The van der Waals surface area contributed by atoms with Crippen LogP contribution >= 0.6 is 22.9 Å². The quantitative estimate of drug-likeness (QED) is 0.770. The fraction of sp³-hybridized carbons (Fsp3) is 0.200. The van der Waals surface area contributed by atoms with Gasteiger partial charge in [0.05, 0.1) is 6.54 Å². The Balaban J connectivity index is 1.61. The lowest BCUT2D eigenvalue weighted by molar-refractivity contribution is -0.124. The van der Waals surface area contributed by atoms with Gasteiger partial charge in [-0.3, -0.25) is 4.79 Å². The van der Waals surface area contributed by atoms with Gasteiger partial charge in [0, 0.05) is 21.7 Å². The van der Waals surface area contributed by atoms with Crippen molar-refractivity contribution in [3.05, 3.63) is 53.0 Å². The van der Waals surface area contributed by atoms with Crippen molar-refractivity contribution >= 4 is 28.8 Å². The van der Waals surface area contributed by atoms with E-state index in [0.29, 0.717) is 11.6 Å². The first-order chi connectivity index (χ1) is 11.1. The highest BCUT2D eigenvalue weighted by Gasteiger charge is 2.15. The molecule has 0 radical (unpaired) electrons. The van der Waals surface area contributed by atoms with Crippen molar-refractivity contribution in [1.82, 2.24) is 25.1 Å². The molecule has 0 aliphatic carbocycles. The molecule has 3 rings (SSSR count). The van der Waals surface area contributed by atoms with Gasteiger partial charge in [-0.1, -0.05) is 23.7 Å². The average molecular weight is 348 g/mol. The first-order valence-electron chi connectivity index (χ1n) is 6.96. The van der Waals surface area contributed by atoms with E-state index in [-0.39, 0.29) is 5.91 Å². The standard InChI is InChI=1S/C15H14ClN5OS/c1-10(21-9-17-8-20-21)14(22)18-6-13-7-19-15(23-13)11-2-4-12(16)5-3-11/h2-5,7-10H,6H2,1H3,(H,18,22)/t10-/m1/s1. The molecule has 1 aromatic carbocycles. The van der Waals surface area contributed by atoms with Crippen LogP contribution in [-0.2, 0) is 11.3 Å². The first kappa shape index (κ1) is 15.6. The number of carbonyl (C=O) groups excluding carboxylic acids is 1. The second kappa shape index (κ2) is 6.89. The number of thiazole rings is 1. The summed E-state index contributed by atoms with van der Waals surface area (Å²) >= 11 is 7.42. The fourth-order valence-electron chi connectivity index (χ4n) is 1.97. The Labute approximate surface area is 142 Å². The summed E-state index contributed by atoms with van der Waals surface area (Å²) in [7, 11) is 0. The zero-order valence-corrected chi connectivity index (χ0v) is 13.9. The van der Waals surface area contributed by atoms with Crippen molar-refractivity contribution in [2.45, 2.75) is 19.5 Å². The molecule has 6 nitrogen and oxygen atoms in total. The van der Waals surface area contributed by atoms with E-state index >= 15 is 0 Å². The molecule has 1 atom stereocenters. The molecular formula is C15H14ClN5OS. The highest BCUT2D eigenvalue weighted by molar-refractivity contribution is 7.15. The summed E-state index contributed by atoms with van der Waals surface area (Å²) in [5.74, 6) is -0.114. The third-order valence-corrected chi connectivity index (χ3v) is 4.59. The van der Waals surface area contributed by atoms with E-state index in [9.17, 15) is 4.79 Å². The van der Waals surface area contributed by atoms with Gasteiger partial charge in [0.2, 0.25) is 5.91 Å². The molecule has 0 saturated heterocycles. The van der Waals surface area contributed by atoms with Crippen molar-refractivity contribution in [3.63, 3.8) is 0 Å². The summed E-state index contributed by atoms with van der Waals surface area (Å²) in [6.45, 7) is 2.21. The second-order valence-corrected chi connectivity index (χ2v) is 6.46. The van der Waals surface area contributed by atoms with E-state index in [4.69, 9.17) is 11.6 Å². The topological polar surface area (TPSA) is 72.7 Å². The number of carbonyl (C=O) groups is 1. The number of hydrogen-bond donors (Lipinski definition) is 1. The highest BCUT2D eigenvalue weighted by Crippen LogP contribution is 2.26. The molecule has 118 valence electrons. The van der Waals surface area contributed by atoms with Crippen LogP contribution in [0.25, 0.3) is 10.6 Å². The van der Waals surface area contributed by atoms with Crippen LogP contribution in [0.4, 0.5) is 0 Å². The molecule has 0 fully saturated rings. The minimum atomic E-state index is -0.402. The van der Waals surface area contributed by atoms with Crippen LogP contribution in [0.15, 0.2) is 43.1 Å². The van der Waals surface area contributed by atoms with Gasteiger partial charge in [-0.05, 0) is 19.1 Å². The maximum atomic E-state index is 12.1. The number of amides is 1. The maximum absolute atomic E-state index is 12.1. The van der Waals surface area contributed by atoms with Crippen LogP contribution in [0, 0.1) is 0 Å². The molecule has 0 saturated carbocycles. The predicted molar refractivity (Wildman–Crippen MR) is 89.1 cm³/mol. The Kier molecular flexibility index (Phi) is 4.68. The molecule has 2 heterocycles. The van der Waals surface area contributed by atoms with Gasteiger partial charge < -0.3 is 5.32 Å². The summed E-state index contributed by atoms with van der Waals surface area (Å²) in [6.07, 6.45) is 4.70. The Morgan fingerprint density at radius 2 is 2.17 bits per heavy atom. The molecule has 2 aromatic heterocycles. The van der Waals surface area contributed by atoms with Gasteiger partial charge in [-0.25, -0.2) is 14.6 Å². The normalized spacial score (nSPS) is 12.1. The van der Waals surface area contributed by atoms with Gasteiger partial charge >= 0.3 is 0 Å². The molecule has 23 heavy (non-hydrogen) atoms. The van der Waals surface area contributed by atoms with Crippen molar-refractivity contribution in [2.24, 2.45) is 0 Å². The van der Waals surface area contributed by atoms with E-state index < -0.39 is 6.04 Å². The van der Waals surface area contributed by atoms with Crippen LogP contribution < -0.4 is 5.32 Å². The minimum Gasteiger partial charge on any atom is -0.349 e. The summed E-state index contributed by atoms with van der Waals surface area (Å²) in [4.78, 5) is 21.3. The molecule has 8 heteroatoms. The smallest absolute Gasteiger partial charge is 0.244 e. The summed E-state index contributed by atoms with van der Waals surface area (Å²) in [5, 5.41) is 8.44. The lowest BCUT2D eigenvalue weighted by Gasteiger charge is -2.11. The average Bonchev–Trinajstić information content (AvgIpc) is 3.24. The minimum absolute atomic E-state index is 0.114. The van der Waals surface area contributed by atoms with Gasteiger partial charge in [0.1, 0.15) is 23.7 Å². The Morgan fingerprint density at radius 1 is 1.39 bits per heavy atom. The number of benzene rings is 1. The van der Waals surface area contributed by atoms with E-state index in [2.05, 4.69) is 20.4 Å². The van der Waals surface area contributed by atoms with E-state index in [1.807, 2.05) is 24.3 Å². The molecule has 0 bridgehead atoms. The number of hydrogen-bond acceptors (Lipinski definition) is 5. The van der Waals surface area contributed by atoms with E-state index in [0.717, 1.165) is 15.4 Å². The Morgan fingerprint density at radius 3 is 2.87 bits per heavy atom. The maximum Gasteiger partial charge on any atom is 0.244 e. The Hall–Kier alpha value is -2.25. The first-order valence-corrected chi connectivity index (χ1v) is 8.15. The monoisotopic (exact) mass is 347 g/mol. The van der Waals surface area contributed by atoms with Gasteiger partial charge in [-0.2, -0.15) is 5.10 Å². The van der Waals surface area contributed by atoms with Crippen LogP contribution in [0.5, 0.6) is 0 Å². The summed E-state index contributed by atoms with van der Waals surface area (Å²) in [6, 6.07) is 7.12. The molecular weight excluding hydrogens is 334 g/mol. The molecule has 0 aliphatic heterocycles. The second-order valence-electron chi connectivity index (χ2n) is 4.91. The van der Waals surface area contributed by atoms with Crippen LogP contribution in [0.2, 0.25) is 5.02 Å². The van der Waals surface area contributed by atoms with Gasteiger partial charge in [0.25, 0.3) is 0 Å². The number of nitrogens with one attached hydrogen (secondary N) is 1. The zero-order valence-electron chi connectivity index (χ0n) is 12.3. The highest BCUT2D eigenvalue weighted by atomic mass is 35.5. The van der Waals surface area contributed by atoms with Crippen molar-refractivity contribution in [3.8, 4) is 10.6 Å². The number of aromatic nitrogens is 4. The fourth-order valence-corrected chi connectivity index (χ4v) is 2.96. The SMILES string of the molecule is C[C@H](C(=O)NCc1cnc(-c2ccc(Cl)cc2)s1)n1cncn1. The molecule has 0 unspecified atom stereocenters. The zero-order chi connectivity index (χ0) is 16.2. The number of rotatable bonds is 5. The molecule has 1 N–H and O–H groups in total.